The molecule has 1 aromatic rings. The molecule has 0 amide bonds. The molecule has 1 rings (SSSR count). The smallest absolute Gasteiger partial charge is 0.191 e. The highest BCUT2D eigenvalue weighted by molar-refractivity contribution is 14.0. The molecule has 0 spiro atoms. The third-order valence-corrected chi connectivity index (χ3v) is 6.01. The van der Waals surface area contributed by atoms with Crippen LogP contribution in [0.4, 0.5) is 0 Å². The van der Waals surface area contributed by atoms with Gasteiger partial charge in [0, 0.05) is 38.8 Å². The normalized spacial score (nSPS) is 12.4. The van der Waals surface area contributed by atoms with Crippen LogP contribution in [0.5, 0.6) is 0 Å². The van der Waals surface area contributed by atoms with Crippen molar-refractivity contribution in [1.29, 1.82) is 0 Å². The molecule has 0 aliphatic rings. The van der Waals surface area contributed by atoms with Crippen LogP contribution in [0.3, 0.4) is 0 Å². The molecule has 0 aliphatic heterocycles. The third kappa shape index (κ3) is 9.75. The van der Waals surface area contributed by atoms with E-state index in [1.807, 2.05) is 6.07 Å². The first-order valence-electron chi connectivity index (χ1n) is 9.26. The Kier molecular flexibility index (Phi) is 12.9. The number of hydrogen-bond donors (Lipinski definition) is 2. The van der Waals surface area contributed by atoms with Crippen molar-refractivity contribution in [3.8, 4) is 0 Å². The Morgan fingerprint density at radius 3 is 2.11 bits per heavy atom. The molecule has 0 atom stereocenters. The zero-order valence-electron chi connectivity index (χ0n) is 17.1. The lowest BCUT2D eigenvalue weighted by atomic mass is 10.2. The molecule has 8 heteroatoms. The maximum absolute atomic E-state index is 12.2. The van der Waals surface area contributed by atoms with Crippen LogP contribution in [-0.2, 0) is 9.84 Å². The minimum absolute atomic E-state index is 0. The molecule has 0 bridgehead atoms. The zero-order valence-corrected chi connectivity index (χ0v) is 20.3. The summed E-state index contributed by atoms with van der Waals surface area (Å²) in [5, 5.41) is 6.47. The van der Waals surface area contributed by atoms with Gasteiger partial charge in [0.25, 0.3) is 0 Å². The largest absolute Gasteiger partial charge is 0.356 e. The summed E-state index contributed by atoms with van der Waals surface area (Å²) in [7, 11) is -1.50. The maximum atomic E-state index is 12.2. The van der Waals surface area contributed by atoms with Gasteiger partial charge in [-0.1, -0.05) is 18.2 Å². The van der Waals surface area contributed by atoms with Crippen molar-refractivity contribution in [3.05, 3.63) is 30.3 Å². The van der Waals surface area contributed by atoms with Gasteiger partial charge >= 0.3 is 0 Å². The van der Waals surface area contributed by atoms with E-state index < -0.39 is 9.84 Å². The van der Waals surface area contributed by atoms with E-state index in [9.17, 15) is 8.42 Å². The van der Waals surface area contributed by atoms with E-state index in [4.69, 9.17) is 0 Å². The second-order valence-electron chi connectivity index (χ2n) is 6.84. The molecular formula is C19H35IN4O2S. The highest BCUT2D eigenvalue weighted by Gasteiger charge is 2.14. The van der Waals surface area contributed by atoms with Gasteiger partial charge in [0.15, 0.2) is 15.8 Å². The van der Waals surface area contributed by atoms with Crippen molar-refractivity contribution in [1.82, 2.24) is 15.5 Å². The summed E-state index contributed by atoms with van der Waals surface area (Å²) in [6, 6.07) is 9.57. The Bertz CT molecular complexity index is 641. The Labute approximate surface area is 182 Å². The second kappa shape index (κ2) is 13.3. The van der Waals surface area contributed by atoms with Gasteiger partial charge in [-0.3, -0.25) is 9.89 Å². The lowest BCUT2D eigenvalue weighted by molar-refractivity contribution is 0.178. The summed E-state index contributed by atoms with van der Waals surface area (Å²) >= 11 is 0. The lowest BCUT2D eigenvalue weighted by Crippen LogP contribution is -2.45. The van der Waals surface area contributed by atoms with Crippen LogP contribution in [0.1, 0.15) is 34.1 Å². The van der Waals surface area contributed by atoms with Gasteiger partial charge < -0.3 is 10.6 Å². The monoisotopic (exact) mass is 510 g/mol. The molecule has 0 heterocycles. The van der Waals surface area contributed by atoms with Crippen LogP contribution < -0.4 is 10.6 Å². The lowest BCUT2D eigenvalue weighted by Gasteiger charge is -2.30. The molecule has 0 unspecified atom stereocenters. The van der Waals surface area contributed by atoms with Crippen molar-refractivity contribution in [3.63, 3.8) is 0 Å². The van der Waals surface area contributed by atoms with E-state index in [2.05, 4.69) is 48.2 Å². The van der Waals surface area contributed by atoms with Crippen molar-refractivity contribution in [2.24, 2.45) is 4.99 Å². The highest BCUT2D eigenvalue weighted by atomic mass is 127. The molecule has 0 radical (unpaired) electrons. The first-order chi connectivity index (χ1) is 12.3. The number of aliphatic imine (C=N–C) groups is 1. The van der Waals surface area contributed by atoms with Crippen molar-refractivity contribution < 1.29 is 8.42 Å². The van der Waals surface area contributed by atoms with Gasteiger partial charge in [0.05, 0.1) is 10.6 Å². The van der Waals surface area contributed by atoms with E-state index in [0.29, 0.717) is 35.9 Å². The first-order valence-corrected chi connectivity index (χ1v) is 10.9. The van der Waals surface area contributed by atoms with Gasteiger partial charge in [-0.15, -0.1) is 24.0 Å². The van der Waals surface area contributed by atoms with Gasteiger partial charge in [-0.2, -0.15) is 0 Å². The highest BCUT2D eigenvalue weighted by Crippen LogP contribution is 2.10. The fourth-order valence-electron chi connectivity index (χ4n) is 2.85. The number of guanidine groups is 1. The fourth-order valence-corrected chi connectivity index (χ4v) is 4.18. The SMILES string of the molecule is CN=C(NCCCS(=O)(=O)c1ccccc1)NCCN(C(C)C)C(C)C.I. The molecule has 0 aromatic heterocycles. The Hall–Kier alpha value is -0.870. The predicted octanol–water partition coefficient (Wildman–Crippen LogP) is 2.75. The van der Waals surface area contributed by atoms with Crippen LogP contribution in [0, 0.1) is 0 Å². The minimum Gasteiger partial charge on any atom is -0.356 e. The number of sulfone groups is 1. The molecule has 1 aromatic carbocycles. The summed E-state index contributed by atoms with van der Waals surface area (Å²) in [6.07, 6.45) is 0.530. The number of halogens is 1. The molecule has 0 fully saturated rings. The quantitative estimate of drug-likeness (QED) is 0.219. The van der Waals surface area contributed by atoms with Crippen molar-refractivity contribution >= 4 is 39.8 Å². The maximum Gasteiger partial charge on any atom is 0.191 e. The summed E-state index contributed by atoms with van der Waals surface area (Å²) in [4.78, 5) is 6.98. The Balaban J connectivity index is 0.00000676. The van der Waals surface area contributed by atoms with E-state index >= 15 is 0 Å². The van der Waals surface area contributed by atoms with E-state index in [1.54, 1.807) is 31.3 Å². The molecule has 0 saturated heterocycles. The fraction of sp³-hybridized carbons (Fsp3) is 0.632. The Morgan fingerprint density at radius 1 is 1.04 bits per heavy atom. The van der Waals surface area contributed by atoms with Crippen molar-refractivity contribution in [2.75, 3.05) is 32.4 Å². The molecule has 2 N–H and O–H groups in total. The summed E-state index contributed by atoms with van der Waals surface area (Å²) in [6.45, 7) is 11.1. The van der Waals surface area contributed by atoms with Crippen LogP contribution in [0.25, 0.3) is 0 Å². The van der Waals surface area contributed by atoms with Crippen molar-refractivity contribution in [2.45, 2.75) is 51.1 Å². The van der Waals surface area contributed by atoms with Gasteiger partial charge in [-0.05, 0) is 46.2 Å². The average molecular weight is 510 g/mol. The third-order valence-electron chi connectivity index (χ3n) is 4.20. The summed E-state index contributed by atoms with van der Waals surface area (Å²) in [5.41, 5.74) is 0. The zero-order chi connectivity index (χ0) is 19.6. The van der Waals surface area contributed by atoms with Crippen LogP contribution in [0.15, 0.2) is 40.2 Å². The van der Waals surface area contributed by atoms with Crippen LogP contribution in [0.2, 0.25) is 0 Å². The molecular weight excluding hydrogens is 475 g/mol. The first kappa shape index (κ1) is 26.1. The number of rotatable bonds is 10. The average Bonchev–Trinajstić information content (AvgIpc) is 2.60. The van der Waals surface area contributed by atoms with E-state index in [0.717, 1.165) is 13.1 Å². The number of nitrogens with one attached hydrogen (secondary N) is 2. The standard InChI is InChI=1S/C19H34N4O2S.HI/c1-16(2)23(17(3)4)14-13-22-19(20-5)21-12-9-15-26(24,25)18-10-7-6-8-11-18;/h6-8,10-11,16-17H,9,12-15H2,1-5H3,(H2,20,21,22);1H. The van der Waals surface area contributed by atoms with E-state index in [-0.39, 0.29) is 29.7 Å². The van der Waals surface area contributed by atoms with Gasteiger partial charge in [-0.25, -0.2) is 8.42 Å². The molecule has 27 heavy (non-hydrogen) atoms. The van der Waals surface area contributed by atoms with Gasteiger partial charge in [0.1, 0.15) is 0 Å². The molecule has 0 saturated carbocycles. The minimum atomic E-state index is -3.22. The molecule has 0 aliphatic carbocycles. The number of hydrogen-bond acceptors (Lipinski definition) is 4. The predicted molar refractivity (Wildman–Crippen MR) is 125 cm³/mol. The number of nitrogens with zero attached hydrogens (tertiary/aromatic N) is 2. The Morgan fingerprint density at radius 2 is 1.59 bits per heavy atom. The summed E-state index contributed by atoms with van der Waals surface area (Å²) in [5.74, 6) is 0.824. The number of benzene rings is 1. The van der Waals surface area contributed by atoms with Crippen LogP contribution >= 0.6 is 24.0 Å². The van der Waals surface area contributed by atoms with E-state index in [1.165, 1.54) is 0 Å². The topological polar surface area (TPSA) is 73.8 Å². The molecule has 156 valence electrons. The molecule has 6 nitrogen and oxygen atoms in total. The second-order valence-corrected chi connectivity index (χ2v) is 8.95. The van der Waals surface area contributed by atoms with Gasteiger partial charge in [0.2, 0.25) is 0 Å². The van der Waals surface area contributed by atoms with Crippen LogP contribution in [-0.4, -0.2) is 63.8 Å². The summed E-state index contributed by atoms with van der Waals surface area (Å²) < 4.78 is 24.5.